The minimum atomic E-state index is -0.353. The first-order valence-corrected chi connectivity index (χ1v) is 8.97. The van der Waals surface area contributed by atoms with E-state index in [1.807, 2.05) is 6.92 Å². The summed E-state index contributed by atoms with van der Waals surface area (Å²) in [7, 11) is 0. The van der Waals surface area contributed by atoms with E-state index in [4.69, 9.17) is 9.47 Å². The molecule has 0 radical (unpaired) electrons. The zero-order valence-electron chi connectivity index (χ0n) is 15.3. The van der Waals surface area contributed by atoms with Crippen molar-refractivity contribution in [3.63, 3.8) is 0 Å². The minimum absolute atomic E-state index is 0.196. The Balaban J connectivity index is 1.46. The molecule has 1 aliphatic rings. The van der Waals surface area contributed by atoms with Gasteiger partial charge >= 0.3 is 0 Å². The van der Waals surface area contributed by atoms with Crippen LogP contribution in [0, 0.1) is 5.82 Å². The highest BCUT2D eigenvalue weighted by Crippen LogP contribution is 2.27. The summed E-state index contributed by atoms with van der Waals surface area (Å²) in [5, 5.41) is 10.9. The summed E-state index contributed by atoms with van der Waals surface area (Å²) in [6, 6.07) is 13.3. The number of amides is 1. The second kappa shape index (κ2) is 7.77. The topological polar surface area (TPSA) is 78.3 Å². The van der Waals surface area contributed by atoms with Crippen molar-refractivity contribution >= 4 is 11.6 Å². The number of aromatic nitrogens is 3. The van der Waals surface area contributed by atoms with Crippen LogP contribution in [0.25, 0.3) is 0 Å². The van der Waals surface area contributed by atoms with Crippen molar-refractivity contribution in [1.29, 1.82) is 0 Å². The molecule has 28 heavy (non-hydrogen) atoms. The number of carbonyl (C=O) groups excluding carboxylic acids is 1. The first-order chi connectivity index (χ1) is 13.6. The van der Waals surface area contributed by atoms with Gasteiger partial charge in [0.15, 0.2) is 5.69 Å². The third kappa shape index (κ3) is 3.72. The zero-order valence-corrected chi connectivity index (χ0v) is 15.3. The van der Waals surface area contributed by atoms with Crippen molar-refractivity contribution in [2.24, 2.45) is 0 Å². The maximum Gasteiger partial charge on any atom is 0.278 e. The molecule has 1 aliphatic heterocycles. The van der Waals surface area contributed by atoms with Crippen LogP contribution < -0.4 is 10.1 Å². The monoisotopic (exact) mass is 382 g/mol. The van der Waals surface area contributed by atoms with Gasteiger partial charge in [0, 0.05) is 5.69 Å². The fourth-order valence-electron chi connectivity index (χ4n) is 3.06. The van der Waals surface area contributed by atoms with Crippen molar-refractivity contribution in [3.05, 3.63) is 71.3 Å². The highest BCUT2D eigenvalue weighted by atomic mass is 19.1. The number of anilines is 1. The normalized spacial score (nSPS) is 15.7. The molecule has 8 heteroatoms. The lowest BCUT2D eigenvalue weighted by atomic mass is 10.1. The SMILES string of the molecule is CCOc1ccc(NC(=O)c2nnn3c2CO[C@H](c2ccc(F)cc2)C3)cc1. The molecule has 0 saturated carbocycles. The lowest BCUT2D eigenvalue weighted by Crippen LogP contribution is -2.24. The third-order valence-corrected chi connectivity index (χ3v) is 4.48. The first-order valence-electron chi connectivity index (χ1n) is 8.97. The Morgan fingerprint density at radius 1 is 1.25 bits per heavy atom. The number of hydrogen-bond donors (Lipinski definition) is 1. The van der Waals surface area contributed by atoms with E-state index in [1.165, 1.54) is 12.1 Å². The lowest BCUT2D eigenvalue weighted by Gasteiger charge is -2.24. The van der Waals surface area contributed by atoms with Crippen LogP contribution in [0.3, 0.4) is 0 Å². The van der Waals surface area contributed by atoms with E-state index in [0.29, 0.717) is 24.5 Å². The quantitative estimate of drug-likeness (QED) is 0.732. The molecule has 2 heterocycles. The van der Waals surface area contributed by atoms with Crippen molar-refractivity contribution in [3.8, 4) is 5.75 Å². The summed E-state index contributed by atoms with van der Waals surface area (Å²) >= 11 is 0. The molecule has 3 aromatic rings. The molecule has 0 unspecified atom stereocenters. The van der Waals surface area contributed by atoms with Crippen LogP contribution in [0.5, 0.6) is 5.75 Å². The molecule has 7 nitrogen and oxygen atoms in total. The van der Waals surface area contributed by atoms with E-state index < -0.39 is 0 Å². The predicted octanol–water partition coefficient (Wildman–Crippen LogP) is 3.34. The average molecular weight is 382 g/mol. The standard InChI is InChI=1S/C20H19FN4O3/c1-2-27-16-9-7-15(8-10-16)22-20(26)19-17-12-28-18(11-25(17)24-23-19)13-3-5-14(21)6-4-13/h3-10,18H,2,11-12H2,1H3,(H,22,26)/t18-/m0/s1. The van der Waals surface area contributed by atoms with E-state index in [2.05, 4.69) is 15.6 Å². The fourth-order valence-corrected chi connectivity index (χ4v) is 3.06. The largest absolute Gasteiger partial charge is 0.494 e. The smallest absolute Gasteiger partial charge is 0.278 e. The van der Waals surface area contributed by atoms with Gasteiger partial charge in [0.1, 0.15) is 17.7 Å². The van der Waals surface area contributed by atoms with Crippen LogP contribution in [0.2, 0.25) is 0 Å². The maximum atomic E-state index is 13.1. The van der Waals surface area contributed by atoms with Gasteiger partial charge in [-0.05, 0) is 48.9 Å². The average Bonchev–Trinajstić information content (AvgIpc) is 3.13. The van der Waals surface area contributed by atoms with E-state index >= 15 is 0 Å². The zero-order chi connectivity index (χ0) is 19.5. The minimum Gasteiger partial charge on any atom is -0.494 e. The van der Waals surface area contributed by atoms with Gasteiger partial charge in [-0.15, -0.1) is 5.10 Å². The van der Waals surface area contributed by atoms with Crippen LogP contribution >= 0.6 is 0 Å². The molecule has 0 fully saturated rings. The Bertz CT molecular complexity index is 970. The third-order valence-electron chi connectivity index (χ3n) is 4.48. The van der Waals surface area contributed by atoms with Gasteiger partial charge in [0.05, 0.1) is 25.5 Å². The number of ether oxygens (including phenoxy) is 2. The molecule has 0 bridgehead atoms. The first kappa shape index (κ1) is 18.1. The number of benzene rings is 2. The van der Waals surface area contributed by atoms with E-state index in [9.17, 15) is 9.18 Å². The van der Waals surface area contributed by atoms with Crippen molar-refractivity contribution < 1.29 is 18.7 Å². The van der Waals surface area contributed by atoms with Crippen molar-refractivity contribution in [2.45, 2.75) is 26.2 Å². The highest BCUT2D eigenvalue weighted by molar-refractivity contribution is 6.03. The molecule has 1 aromatic heterocycles. The Hall–Kier alpha value is -3.26. The Labute approximate surface area is 161 Å². The van der Waals surface area contributed by atoms with Crippen LogP contribution in [0.15, 0.2) is 48.5 Å². The van der Waals surface area contributed by atoms with Crippen LogP contribution in [0.4, 0.5) is 10.1 Å². The van der Waals surface area contributed by atoms with E-state index in [0.717, 1.165) is 11.3 Å². The highest BCUT2D eigenvalue weighted by Gasteiger charge is 2.27. The molecule has 144 valence electrons. The van der Waals surface area contributed by atoms with Gasteiger partial charge in [-0.3, -0.25) is 4.79 Å². The summed E-state index contributed by atoms with van der Waals surface area (Å²) < 4.78 is 26.0. The Kier molecular flexibility index (Phi) is 5.03. The number of carbonyl (C=O) groups is 1. The molecule has 1 atom stereocenters. The summed E-state index contributed by atoms with van der Waals surface area (Å²) in [5.41, 5.74) is 2.33. The molecule has 4 rings (SSSR count). The van der Waals surface area contributed by atoms with Gasteiger partial charge in [-0.25, -0.2) is 9.07 Å². The van der Waals surface area contributed by atoms with Gasteiger partial charge in [0.2, 0.25) is 0 Å². The predicted molar refractivity (Wildman–Crippen MR) is 99.5 cm³/mol. The van der Waals surface area contributed by atoms with Gasteiger partial charge < -0.3 is 14.8 Å². The lowest BCUT2D eigenvalue weighted by molar-refractivity contribution is -0.00174. The second-order valence-corrected chi connectivity index (χ2v) is 6.33. The second-order valence-electron chi connectivity index (χ2n) is 6.33. The van der Waals surface area contributed by atoms with Crippen molar-refractivity contribution in [1.82, 2.24) is 15.0 Å². The van der Waals surface area contributed by atoms with Crippen LogP contribution in [-0.2, 0) is 17.9 Å². The Morgan fingerprint density at radius 2 is 2.00 bits per heavy atom. The van der Waals surface area contributed by atoms with Crippen LogP contribution in [0.1, 0.15) is 34.8 Å². The summed E-state index contributed by atoms with van der Waals surface area (Å²) in [6.45, 7) is 3.09. The molecule has 0 aliphatic carbocycles. The number of nitrogens with zero attached hydrogens (tertiary/aromatic N) is 3. The maximum absolute atomic E-state index is 13.1. The molecular weight excluding hydrogens is 363 g/mol. The van der Waals surface area contributed by atoms with E-state index in [1.54, 1.807) is 41.1 Å². The van der Waals surface area contributed by atoms with E-state index in [-0.39, 0.29) is 30.1 Å². The number of nitrogens with one attached hydrogen (secondary N) is 1. The number of fused-ring (bicyclic) bond motifs is 1. The number of hydrogen-bond acceptors (Lipinski definition) is 5. The number of halogens is 1. The molecule has 0 spiro atoms. The molecule has 0 saturated heterocycles. The molecule has 1 amide bonds. The molecule has 1 N–H and O–H groups in total. The van der Waals surface area contributed by atoms with Crippen molar-refractivity contribution in [2.75, 3.05) is 11.9 Å². The summed E-state index contributed by atoms with van der Waals surface area (Å²) in [5.74, 6) is 0.0882. The molecular formula is C20H19FN4O3. The van der Waals surface area contributed by atoms with Crippen LogP contribution in [-0.4, -0.2) is 27.5 Å². The van der Waals surface area contributed by atoms with Gasteiger partial charge in [-0.2, -0.15) is 0 Å². The summed E-state index contributed by atoms with van der Waals surface area (Å²) in [4.78, 5) is 12.6. The number of rotatable bonds is 5. The summed E-state index contributed by atoms with van der Waals surface area (Å²) in [6.07, 6.45) is -0.267. The fraction of sp³-hybridized carbons (Fsp3) is 0.250. The van der Waals surface area contributed by atoms with Gasteiger partial charge in [-0.1, -0.05) is 17.3 Å². The molecule has 2 aromatic carbocycles. The van der Waals surface area contributed by atoms with Gasteiger partial charge in [0.25, 0.3) is 5.91 Å². The Morgan fingerprint density at radius 3 is 2.71 bits per heavy atom.